The number of thiazole rings is 1. The van der Waals surface area contributed by atoms with Crippen LogP contribution in [0, 0.1) is 12.7 Å². The Morgan fingerprint density at radius 2 is 2.25 bits per heavy atom. The zero-order chi connectivity index (χ0) is 14.9. The van der Waals surface area contributed by atoms with E-state index in [1.165, 1.54) is 17.4 Å². The molecule has 0 saturated heterocycles. The zero-order valence-corrected chi connectivity index (χ0v) is 11.9. The number of rotatable bonds is 4. The number of aromatic nitrogens is 1. The fraction of sp³-hybridized carbons (Fsp3) is 0.231. The first-order valence-corrected chi connectivity index (χ1v) is 6.71. The van der Waals surface area contributed by atoms with Crippen molar-refractivity contribution in [2.45, 2.75) is 13.5 Å². The molecule has 1 aromatic heterocycles. The second kappa shape index (κ2) is 5.46. The number of aromatic carboxylic acids is 1. The van der Waals surface area contributed by atoms with Crippen LogP contribution in [0.5, 0.6) is 0 Å². The van der Waals surface area contributed by atoms with Crippen LogP contribution in [0.3, 0.4) is 0 Å². The number of carboxylic acids is 1. The average molecular weight is 295 g/mol. The molecule has 0 fully saturated rings. The molecule has 3 N–H and O–H groups in total. The summed E-state index contributed by atoms with van der Waals surface area (Å²) in [7, 11) is 1.68. The van der Waals surface area contributed by atoms with Gasteiger partial charge in [0.15, 0.2) is 0 Å². The van der Waals surface area contributed by atoms with Gasteiger partial charge >= 0.3 is 5.97 Å². The van der Waals surface area contributed by atoms with Crippen LogP contribution in [0.25, 0.3) is 0 Å². The number of halogens is 1. The molecule has 1 aromatic carbocycles. The number of hydrogen-bond donors (Lipinski definition) is 2. The van der Waals surface area contributed by atoms with E-state index >= 15 is 0 Å². The van der Waals surface area contributed by atoms with Crippen molar-refractivity contribution >= 4 is 28.7 Å². The van der Waals surface area contributed by atoms with Crippen LogP contribution in [-0.2, 0) is 6.54 Å². The second-order valence-electron chi connectivity index (χ2n) is 4.41. The lowest BCUT2D eigenvalue weighted by Crippen LogP contribution is -2.19. The Kier molecular flexibility index (Phi) is 3.89. The molecule has 2 aromatic rings. The molecule has 0 radical (unpaired) electrons. The first-order valence-electron chi connectivity index (χ1n) is 5.83. The summed E-state index contributed by atoms with van der Waals surface area (Å²) in [6.07, 6.45) is 0. The van der Waals surface area contributed by atoms with E-state index in [4.69, 9.17) is 10.8 Å². The molecule has 0 aliphatic carbocycles. The van der Waals surface area contributed by atoms with Gasteiger partial charge < -0.3 is 15.7 Å². The summed E-state index contributed by atoms with van der Waals surface area (Å²) in [6, 6.07) is 2.27. The molecule has 0 bridgehead atoms. The van der Waals surface area contributed by atoms with Gasteiger partial charge in [0.1, 0.15) is 5.82 Å². The summed E-state index contributed by atoms with van der Waals surface area (Å²) >= 11 is 1.51. The molecule has 5 nitrogen and oxygen atoms in total. The lowest BCUT2D eigenvalue weighted by Gasteiger charge is -2.20. The highest BCUT2D eigenvalue weighted by Gasteiger charge is 2.16. The molecule has 0 unspecified atom stereocenters. The summed E-state index contributed by atoms with van der Waals surface area (Å²) in [5, 5.41) is 11.8. The maximum Gasteiger partial charge on any atom is 0.337 e. The van der Waals surface area contributed by atoms with Gasteiger partial charge in [-0.3, -0.25) is 0 Å². The minimum absolute atomic E-state index is 0.0864. The SMILES string of the molecule is Cc1nc(CN(C)c2cc(C(=O)O)c(N)cc2F)cs1. The van der Waals surface area contributed by atoms with Crippen LogP contribution in [0.15, 0.2) is 17.5 Å². The van der Waals surface area contributed by atoms with Crippen molar-refractivity contribution in [2.24, 2.45) is 0 Å². The van der Waals surface area contributed by atoms with Crippen LogP contribution in [0.2, 0.25) is 0 Å². The molecule has 20 heavy (non-hydrogen) atoms. The molecule has 0 aliphatic rings. The van der Waals surface area contributed by atoms with E-state index in [2.05, 4.69) is 4.98 Å². The normalized spacial score (nSPS) is 10.6. The first-order chi connectivity index (χ1) is 9.38. The Labute approximate surface area is 119 Å². The standard InChI is InChI=1S/C13H14FN3O2S/c1-7-16-8(6-20-7)5-17(2)12-3-9(13(18)19)11(15)4-10(12)14/h3-4,6H,5,15H2,1-2H3,(H,18,19). The summed E-state index contributed by atoms with van der Waals surface area (Å²) < 4.78 is 13.9. The maximum atomic E-state index is 13.9. The lowest BCUT2D eigenvalue weighted by molar-refractivity contribution is 0.0698. The monoisotopic (exact) mass is 295 g/mol. The van der Waals surface area contributed by atoms with Crippen molar-refractivity contribution in [3.05, 3.63) is 39.6 Å². The van der Waals surface area contributed by atoms with Crippen LogP contribution < -0.4 is 10.6 Å². The first kappa shape index (κ1) is 14.3. The molecule has 1 heterocycles. The third kappa shape index (κ3) is 2.88. The van der Waals surface area contributed by atoms with Crippen LogP contribution >= 0.6 is 11.3 Å². The molecular formula is C13H14FN3O2S. The number of nitrogens with zero attached hydrogens (tertiary/aromatic N) is 2. The topological polar surface area (TPSA) is 79.5 Å². The van der Waals surface area contributed by atoms with E-state index in [0.29, 0.717) is 6.54 Å². The number of anilines is 2. The highest BCUT2D eigenvalue weighted by atomic mass is 32.1. The number of hydrogen-bond acceptors (Lipinski definition) is 5. The summed E-state index contributed by atoms with van der Waals surface area (Å²) in [4.78, 5) is 16.9. The van der Waals surface area contributed by atoms with Gasteiger partial charge in [0, 0.05) is 18.1 Å². The largest absolute Gasteiger partial charge is 0.478 e. The molecule has 7 heteroatoms. The van der Waals surface area contributed by atoms with E-state index in [1.54, 1.807) is 11.9 Å². The van der Waals surface area contributed by atoms with E-state index in [1.807, 2.05) is 12.3 Å². The fourth-order valence-electron chi connectivity index (χ4n) is 1.86. The van der Waals surface area contributed by atoms with Gasteiger partial charge in [-0.05, 0) is 19.1 Å². The third-order valence-electron chi connectivity index (χ3n) is 2.83. The number of aryl methyl sites for hydroxylation is 1. The van der Waals surface area contributed by atoms with Gasteiger partial charge in [-0.25, -0.2) is 14.2 Å². The van der Waals surface area contributed by atoms with Crippen LogP contribution in [0.1, 0.15) is 21.1 Å². The van der Waals surface area contributed by atoms with Crippen molar-refractivity contribution in [1.82, 2.24) is 4.98 Å². The van der Waals surface area contributed by atoms with E-state index in [0.717, 1.165) is 16.8 Å². The minimum atomic E-state index is -1.18. The predicted molar refractivity (Wildman–Crippen MR) is 76.7 cm³/mol. The van der Waals surface area contributed by atoms with E-state index in [-0.39, 0.29) is 16.9 Å². The van der Waals surface area contributed by atoms with Gasteiger partial charge in [-0.2, -0.15) is 0 Å². The third-order valence-corrected chi connectivity index (χ3v) is 3.65. The van der Waals surface area contributed by atoms with Crippen molar-refractivity contribution in [1.29, 1.82) is 0 Å². The molecule has 0 amide bonds. The van der Waals surface area contributed by atoms with Crippen LogP contribution in [-0.4, -0.2) is 23.1 Å². The molecule has 0 aliphatic heterocycles. The number of nitrogen functional groups attached to an aromatic ring is 1. The quantitative estimate of drug-likeness (QED) is 0.847. The molecule has 0 atom stereocenters. The fourth-order valence-corrected chi connectivity index (χ4v) is 2.47. The maximum absolute atomic E-state index is 13.9. The summed E-state index contributed by atoms with van der Waals surface area (Å²) in [5.41, 5.74) is 6.29. The van der Waals surface area contributed by atoms with Crippen molar-refractivity contribution < 1.29 is 14.3 Å². The summed E-state index contributed by atoms with van der Waals surface area (Å²) in [6.45, 7) is 2.28. The lowest BCUT2D eigenvalue weighted by atomic mass is 10.1. The van der Waals surface area contributed by atoms with Crippen LogP contribution in [0.4, 0.5) is 15.8 Å². The number of carboxylic acid groups (broad SMARTS) is 1. The Morgan fingerprint density at radius 3 is 2.80 bits per heavy atom. The van der Waals surface area contributed by atoms with Gasteiger partial charge in [0.2, 0.25) is 0 Å². The Morgan fingerprint density at radius 1 is 1.55 bits per heavy atom. The Hall–Kier alpha value is -2.15. The van der Waals surface area contributed by atoms with Gasteiger partial charge in [0.05, 0.1) is 28.5 Å². The number of carbonyl (C=O) groups is 1. The minimum Gasteiger partial charge on any atom is -0.478 e. The Bertz CT molecular complexity index is 657. The molecular weight excluding hydrogens is 281 g/mol. The molecule has 0 saturated carbocycles. The van der Waals surface area contributed by atoms with Gasteiger partial charge in [-0.15, -0.1) is 11.3 Å². The highest BCUT2D eigenvalue weighted by molar-refractivity contribution is 7.09. The van der Waals surface area contributed by atoms with Crippen molar-refractivity contribution in [2.75, 3.05) is 17.7 Å². The smallest absolute Gasteiger partial charge is 0.337 e. The molecule has 2 rings (SSSR count). The average Bonchev–Trinajstić information content (AvgIpc) is 2.74. The number of nitrogens with two attached hydrogens (primary N) is 1. The predicted octanol–water partition coefficient (Wildman–Crippen LogP) is 2.51. The zero-order valence-electron chi connectivity index (χ0n) is 11.1. The van der Waals surface area contributed by atoms with Gasteiger partial charge in [-0.1, -0.05) is 0 Å². The van der Waals surface area contributed by atoms with E-state index < -0.39 is 11.8 Å². The highest BCUT2D eigenvalue weighted by Crippen LogP contribution is 2.26. The second-order valence-corrected chi connectivity index (χ2v) is 5.47. The molecule has 106 valence electrons. The molecule has 0 spiro atoms. The van der Waals surface area contributed by atoms with Gasteiger partial charge in [0.25, 0.3) is 0 Å². The van der Waals surface area contributed by atoms with E-state index in [9.17, 15) is 9.18 Å². The van der Waals surface area contributed by atoms with Crippen molar-refractivity contribution in [3.8, 4) is 0 Å². The summed E-state index contributed by atoms with van der Waals surface area (Å²) in [5.74, 6) is -1.73. The number of benzene rings is 1. The Balaban J connectivity index is 2.31. The van der Waals surface area contributed by atoms with Crippen molar-refractivity contribution in [3.63, 3.8) is 0 Å².